The van der Waals surface area contributed by atoms with Gasteiger partial charge in [0.05, 0.1) is 18.8 Å². The molecule has 0 atom stereocenters. The molecule has 0 spiro atoms. The standard InChI is InChI=1S/C29H32N6O5/c1-17-12-20(14-25-27(17)33-29(38)40-25)28(37)21-15-26(34-31-16-21)35-10-7-22(8-11-35)30-9-6-19-13-23(39-3)4-5-24(19)32-18(2)36/h4-5,12-16,22,30H,6-11H2,1-3H3,(H,32,36)(H,33,38). The Morgan fingerprint density at radius 1 is 1.15 bits per heavy atom. The molecule has 2 aromatic heterocycles. The number of nitrogens with one attached hydrogen (secondary N) is 3. The number of carbonyl (C=O) groups is 2. The summed E-state index contributed by atoms with van der Waals surface area (Å²) in [5.74, 6) is 0.546. The third kappa shape index (κ3) is 6.04. The molecule has 1 aliphatic heterocycles. The van der Waals surface area contributed by atoms with E-state index in [4.69, 9.17) is 9.15 Å². The zero-order valence-electron chi connectivity index (χ0n) is 22.7. The molecule has 0 radical (unpaired) electrons. The van der Waals surface area contributed by atoms with Crippen LogP contribution in [0.2, 0.25) is 0 Å². The number of nitrogens with zero attached hydrogens (tertiary/aromatic N) is 3. The number of aromatic amines is 1. The molecule has 0 aliphatic carbocycles. The number of hydrogen-bond donors (Lipinski definition) is 3. The second-order valence-corrected chi connectivity index (χ2v) is 9.98. The number of hydrogen-bond acceptors (Lipinski definition) is 9. The summed E-state index contributed by atoms with van der Waals surface area (Å²) in [6.07, 6.45) is 4.04. The van der Waals surface area contributed by atoms with Gasteiger partial charge in [0.2, 0.25) is 5.91 Å². The highest BCUT2D eigenvalue weighted by atomic mass is 16.5. The normalized spacial score (nSPS) is 13.9. The van der Waals surface area contributed by atoms with Crippen molar-refractivity contribution in [3.05, 3.63) is 75.4 Å². The van der Waals surface area contributed by atoms with E-state index in [9.17, 15) is 14.4 Å². The van der Waals surface area contributed by atoms with Crippen LogP contribution in [0.4, 0.5) is 11.5 Å². The van der Waals surface area contributed by atoms with Crippen LogP contribution in [0.1, 0.15) is 46.8 Å². The number of ether oxygens (including phenoxy) is 1. The van der Waals surface area contributed by atoms with Gasteiger partial charge in [0.1, 0.15) is 5.75 Å². The van der Waals surface area contributed by atoms with E-state index in [1.54, 1.807) is 25.3 Å². The number of aryl methyl sites for hydroxylation is 1. The van der Waals surface area contributed by atoms with Crippen LogP contribution in [0, 0.1) is 6.92 Å². The highest BCUT2D eigenvalue weighted by molar-refractivity contribution is 6.10. The first-order valence-corrected chi connectivity index (χ1v) is 13.2. The van der Waals surface area contributed by atoms with Crippen molar-refractivity contribution in [1.82, 2.24) is 20.5 Å². The van der Waals surface area contributed by atoms with Crippen LogP contribution in [-0.4, -0.2) is 59.7 Å². The maximum atomic E-state index is 13.2. The molecule has 0 saturated carbocycles. The number of piperidine rings is 1. The Hall–Kier alpha value is -4.51. The molecule has 5 rings (SSSR count). The van der Waals surface area contributed by atoms with Crippen molar-refractivity contribution >= 4 is 34.3 Å². The number of amides is 1. The topological polar surface area (TPSA) is 142 Å². The van der Waals surface area contributed by atoms with E-state index in [0.29, 0.717) is 34.1 Å². The minimum atomic E-state index is -0.552. The van der Waals surface area contributed by atoms with E-state index in [2.05, 4.69) is 30.7 Å². The Labute approximate surface area is 230 Å². The van der Waals surface area contributed by atoms with Gasteiger partial charge in [-0.2, -0.15) is 5.10 Å². The number of H-pyrrole nitrogens is 1. The Morgan fingerprint density at radius 3 is 2.70 bits per heavy atom. The molecule has 1 amide bonds. The summed E-state index contributed by atoms with van der Waals surface area (Å²) < 4.78 is 10.5. The summed E-state index contributed by atoms with van der Waals surface area (Å²) in [6, 6.07) is 11.1. The molecule has 4 aromatic rings. The van der Waals surface area contributed by atoms with E-state index in [0.717, 1.165) is 61.5 Å². The van der Waals surface area contributed by atoms with Gasteiger partial charge < -0.3 is 24.7 Å². The first kappa shape index (κ1) is 27.1. The summed E-state index contributed by atoms with van der Waals surface area (Å²) in [4.78, 5) is 41.2. The zero-order valence-corrected chi connectivity index (χ0v) is 22.7. The number of rotatable bonds is 9. The fourth-order valence-corrected chi connectivity index (χ4v) is 5.09. The Balaban J connectivity index is 1.18. The van der Waals surface area contributed by atoms with Gasteiger partial charge in [0.15, 0.2) is 17.2 Å². The van der Waals surface area contributed by atoms with Crippen LogP contribution in [-0.2, 0) is 11.2 Å². The molecule has 3 heterocycles. The number of oxazole rings is 1. The summed E-state index contributed by atoms with van der Waals surface area (Å²) in [6.45, 7) is 5.64. The minimum Gasteiger partial charge on any atom is -0.497 e. The predicted octanol–water partition coefficient (Wildman–Crippen LogP) is 3.22. The molecule has 11 nitrogen and oxygen atoms in total. The van der Waals surface area contributed by atoms with Gasteiger partial charge in [0, 0.05) is 42.9 Å². The maximum absolute atomic E-state index is 13.2. The molecule has 0 bridgehead atoms. The largest absolute Gasteiger partial charge is 0.497 e. The Kier molecular flexibility index (Phi) is 7.92. The van der Waals surface area contributed by atoms with Gasteiger partial charge in [-0.25, -0.2) is 4.79 Å². The molecule has 40 heavy (non-hydrogen) atoms. The monoisotopic (exact) mass is 544 g/mol. The highest BCUT2D eigenvalue weighted by Crippen LogP contribution is 2.24. The van der Waals surface area contributed by atoms with Gasteiger partial charge in [-0.05, 0) is 80.3 Å². The summed E-state index contributed by atoms with van der Waals surface area (Å²) >= 11 is 0. The van der Waals surface area contributed by atoms with Gasteiger partial charge in [-0.1, -0.05) is 0 Å². The molecule has 11 heteroatoms. The van der Waals surface area contributed by atoms with Crippen molar-refractivity contribution in [3.8, 4) is 5.75 Å². The van der Waals surface area contributed by atoms with Crippen molar-refractivity contribution in [2.24, 2.45) is 0 Å². The minimum absolute atomic E-state index is 0.106. The van der Waals surface area contributed by atoms with Crippen molar-refractivity contribution in [3.63, 3.8) is 0 Å². The number of anilines is 2. The summed E-state index contributed by atoms with van der Waals surface area (Å²) in [5, 5.41) is 14.9. The molecule has 1 fully saturated rings. The van der Waals surface area contributed by atoms with Crippen LogP contribution in [0.3, 0.4) is 0 Å². The second kappa shape index (κ2) is 11.7. The Bertz CT molecular complexity index is 1600. The number of aromatic nitrogens is 3. The van der Waals surface area contributed by atoms with Crippen LogP contribution < -0.4 is 26.0 Å². The van der Waals surface area contributed by atoms with E-state index in [1.165, 1.54) is 13.1 Å². The zero-order chi connectivity index (χ0) is 28.2. The van der Waals surface area contributed by atoms with Gasteiger partial charge >= 0.3 is 5.76 Å². The molecular weight excluding hydrogens is 512 g/mol. The summed E-state index contributed by atoms with van der Waals surface area (Å²) in [7, 11) is 1.63. The van der Waals surface area contributed by atoms with Gasteiger partial charge in [-0.3, -0.25) is 14.6 Å². The van der Waals surface area contributed by atoms with Crippen molar-refractivity contribution in [2.45, 2.75) is 39.2 Å². The smallest absolute Gasteiger partial charge is 0.417 e. The lowest BCUT2D eigenvalue weighted by molar-refractivity contribution is -0.114. The number of fused-ring (bicyclic) bond motifs is 1. The summed E-state index contributed by atoms with van der Waals surface area (Å²) in [5.41, 5.74) is 4.35. The average Bonchev–Trinajstić information content (AvgIpc) is 3.34. The van der Waals surface area contributed by atoms with E-state index >= 15 is 0 Å². The molecular formula is C29H32N6O5. The lowest BCUT2D eigenvalue weighted by Gasteiger charge is -2.33. The van der Waals surface area contributed by atoms with Crippen LogP contribution >= 0.6 is 0 Å². The van der Waals surface area contributed by atoms with Gasteiger partial charge in [-0.15, -0.1) is 5.10 Å². The van der Waals surface area contributed by atoms with Crippen molar-refractivity contribution < 1.29 is 18.7 Å². The van der Waals surface area contributed by atoms with Crippen molar-refractivity contribution in [1.29, 1.82) is 0 Å². The number of methoxy groups -OCH3 is 1. The molecule has 1 saturated heterocycles. The molecule has 2 aromatic carbocycles. The second-order valence-electron chi connectivity index (χ2n) is 9.98. The SMILES string of the molecule is COc1ccc(NC(C)=O)c(CCNC2CCN(c3cc(C(=O)c4cc(C)c5[nH]c(=O)oc5c4)cnn3)CC2)c1. The first-order valence-electron chi connectivity index (χ1n) is 13.2. The molecule has 0 unspecified atom stereocenters. The first-order chi connectivity index (χ1) is 19.3. The van der Waals surface area contributed by atoms with Crippen molar-refractivity contribution in [2.75, 3.05) is 37.0 Å². The fraction of sp³-hybridized carbons (Fsp3) is 0.345. The number of benzene rings is 2. The van der Waals surface area contributed by atoms with E-state index in [1.807, 2.05) is 25.1 Å². The quantitative estimate of drug-likeness (QED) is 0.271. The lowest BCUT2D eigenvalue weighted by atomic mass is 10.0. The van der Waals surface area contributed by atoms with Gasteiger partial charge in [0.25, 0.3) is 0 Å². The Morgan fingerprint density at radius 2 is 1.95 bits per heavy atom. The number of carbonyl (C=O) groups excluding carboxylic acids is 2. The third-order valence-corrected chi connectivity index (χ3v) is 7.16. The fourth-order valence-electron chi connectivity index (χ4n) is 5.09. The van der Waals surface area contributed by atoms with E-state index < -0.39 is 5.76 Å². The number of ketones is 1. The maximum Gasteiger partial charge on any atom is 0.417 e. The molecule has 208 valence electrons. The molecule has 3 N–H and O–H groups in total. The molecule has 1 aliphatic rings. The predicted molar refractivity (Wildman–Crippen MR) is 151 cm³/mol. The van der Waals surface area contributed by atoms with Crippen LogP contribution in [0.5, 0.6) is 5.75 Å². The van der Waals surface area contributed by atoms with Crippen LogP contribution in [0.15, 0.2) is 51.8 Å². The van der Waals surface area contributed by atoms with Crippen LogP contribution in [0.25, 0.3) is 11.1 Å². The highest BCUT2D eigenvalue weighted by Gasteiger charge is 2.22. The lowest BCUT2D eigenvalue weighted by Crippen LogP contribution is -2.43. The average molecular weight is 545 g/mol. The third-order valence-electron chi connectivity index (χ3n) is 7.16. The van der Waals surface area contributed by atoms with E-state index in [-0.39, 0.29) is 11.7 Å².